The van der Waals surface area contributed by atoms with Crippen molar-refractivity contribution in [3.8, 4) is 16.9 Å². The molecule has 1 amide bonds. The number of hydrogen-bond acceptors (Lipinski definition) is 4. The minimum Gasteiger partial charge on any atom is -0.491 e. The van der Waals surface area contributed by atoms with Gasteiger partial charge in [0.25, 0.3) is 0 Å². The maximum atomic E-state index is 12.5. The Hall–Kier alpha value is -3.12. The second-order valence-electron chi connectivity index (χ2n) is 9.09. The van der Waals surface area contributed by atoms with Crippen LogP contribution in [0.3, 0.4) is 0 Å². The van der Waals surface area contributed by atoms with Crippen molar-refractivity contribution in [1.82, 2.24) is 0 Å². The summed E-state index contributed by atoms with van der Waals surface area (Å²) < 4.78 is 12.1. The lowest BCUT2D eigenvalue weighted by Crippen LogP contribution is -2.29. The van der Waals surface area contributed by atoms with Crippen molar-refractivity contribution in [2.24, 2.45) is 0 Å². The fraction of sp³-hybridized carbons (Fsp3) is 0.385. The van der Waals surface area contributed by atoms with Gasteiger partial charge < -0.3 is 19.9 Å². The molecule has 0 spiro atoms. The van der Waals surface area contributed by atoms with Gasteiger partial charge in [-0.2, -0.15) is 0 Å². The number of carboxylic acids is 1. The van der Waals surface area contributed by atoms with Gasteiger partial charge in [-0.1, -0.05) is 35.9 Å². The highest BCUT2D eigenvalue weighted by molar-refractivity contribution is 6.02. The van der Waals surface area contributed by atoms with Gasteiger partial charge in [0.1, 0.15) is 5.75 Å². The van der Waals surface area contributed by atoms with E-state index in [4.69, 9.17) is 9.47 Å². The molecule has 1 atom stereocenters. The Morgan fingerprint density at radius 1 is 1.12 bits per heavy atom. The molecule has 0 fully saturated rings. The summed E-state index contributed by atoms with van der Waals surface area (Å²) in [7, 11) is 0. The first-order valence-electron chi connectivity index (χ1n) is 10.7. The Labute approximate surface area is 189 Å². The summed E-state index contributed by atoms with van der Waals surface area (Å²) in [6.07, 6.45) is 2.60. The van der Waals surface area contributed by atoms with Crippen molar-refractivity contribution >= 4 is 17.6 Å². The highest BCUT2D eigenvalue weighted by atomic mass is 16.5. The number of benzene rings is 2. The van der Waals surface area contributed by atoms with E-state index in [0.717, 1.165) is 22.3 Å². The second-order valence-corrected chi connectivity index (χ2v) is 9.09. The number of amides is 1. The molecule has 1 heterocycles. The molecule has 32 heavy (non-hydrogen) atoms. The van der Waals surface area contributed by atoms with Crippen LogP contribution in [0.5, 0.6) is 5.75 Å². The molecule has 0 saturated heterocycles. The van der Waals surface area contributed by atoms with Gasteiger partial charge in [-0.05, 0) is 70.7 Å². The fourth-order valence-corrected chi connectivity index (χ4v) is 3.92. The predicted octanol–water partition coefficient (Wildman–Crippen LogP) is 5.50. The highest BCUT2D eigenvalue weighted by Crippen LogP contribution is 2.46. The first-order chi connectivity index (χ1) is 15.0. The first-order valence-corrected chi connectivity index (χ1v) is 10.7. The van der Waals surface area contributed by atoms with Crippen LogP contribution in [0.2, 0.25) is 0 Å². The molecule has 6 nitrogen and oxygen atoms in total. The lowest BCUT2D eigenvalue weighted by Gasteiger charge is -2.30. The monoisotopic (exact) mass is 437 g/mol. The molecule has 0 aliphatic carbocycles. The SMILES string of the molecule is Cc1ccc(-c2c(C)c3c(c(C)c2[C@H](OC(C)(C)C)C(=O)O)NC(=O)C=CCCO3)cc1. The van der Waals surface area contributed by atoms with Crippen LogP contribution in [0.4, 0.5) is 5.69 Å². The molecule has 0 radical (unpaired) electrons. The van der Waals surface area contributed by atoms with E-state index in [9.17, 15) is 14.7 Å². The Balaban J connectivity index is 2.38. The third-order valence-electron chi connectivity index (χ3n) is 5.34. The van der Waals surface area contributed by atoms with Gasteiger partial charge in [0, 0.05) is 11.1 Å². The van der Waals surface area contributed by atoms with Gasteiger partial charge in [0.15, 0.2) is 6.10 Å². The van der Waals surface area contributed by atoms with Crippen LogP contribution in [-0.4, -0.2) is 29.2 Å². The number of aryl methyl sites for hydroxylation is 1. The molecule has 0 unspecified atom stereocenters. The lowest BCUT2D eigenvalue weighted by atomic mass is 9.86. The quantitative estimate of drug-likeness (QED) is 0.660. The van der Waals surface area contributed by atoms with E-state index in [0.29, 0.717) is 35.6 Å². The molecule has 6 heteroatoms. The molecular formula is C26H31NO5. The van der Waals surface area contributed by atoms with Crippen LogP contribution in [0, 0.1) is 20.8 Å². The number of fused-ring (bicyclic) bond motifs is 1. The standard InChI is InChI=1S/C26H31NO5/c1-15-10-12-18(13-11-15)20-17(3)23-22(27-19(28)9-7-8-14-31-23)16(2)21(20)24(25(29)30)32-26(4,5)6/h7,9-13,24H,8,14H2,1-6H3,(H,27,28)(H,29,30)/t24-/m0/s1. The van der Waals surface area contributed by atoms with Crippen LogP contribution in [0.15, 0.2) is 36.4 Å². The predicted molar refractivity (Wildman–Crippen MR) is 125 cm³/mol. The summed E-state index contributed by atoms with van der Waals surface area (Å²) in [4.78, 5) is 24.9. The number of anilines is 1. The minimum absolute atomic E-state index is 0.281. The van der Waals surface area contributed by atoms with Gasteiger partial charge >= 0.3 is 5.97 Å². The number of aliphatic carboxylic acids is 1. The summed E-state index contributed by atoms with van der Waals surface area (Å²) in [5, 5.41) is 13.1. The maximum Gasteiger partial charge on any atom is 0.337 e. The molecule has 0 saturated carbocycles. The molecule has 2 N–H and O–H groups in total. The number of ether oxygens (including phenoxy) is 2. The van der Waals surface area contributed by atoms with E-state index in [2.05, 4.69) is 5.32 Å². The Bertz CT molecular complexity index is 1060. The Morgan fingerprint density at radius 2 is 1.78 bits per heavy atom. The zero-order chi connectivity index (χ0) is 23.6. The molecule has 3 rings (SSSR count). The zero-order valence-corrected chi connectivity index (χ0v) is 19.5. The van der Waals surface area contributed by atoms with Gasteiger partial charge in [-0.15, -0.1) is 0 Å². The summed E-state index contributed by atoms with van der Waals surface area (Å²) in [5.74, 6) is -0.818. The first kappa shape index (κ1) is 23.5. The lowest BCUT2D eigenvalue weighted by molar-refractivity contribution is -0.160. The van der Waals surface area contributed by atoms with Gasteiger partial charge in [0.2, 0.25) is 5.91 Å². The van der Waals surface area contributed by atoms with Crippen LogP contribution in [-0.2, 0) is 14.3 Å². The summed E-state index contributed by atoms with van der Waals surface area (Å²) in [6, 6.07) is 7.92. The molecule has 1 aliphatic heterocycles. The molecule has 170 valence electrons. The van der Waals surface area contributed by atoms with Crippen molar-refractivity contribution in [2.45, 2.75) is 59.7 Å². The number of carbonyl (C=O) groups is 2. The van der Waals surface area contributed by atoms with Crippen molar-refractivity contribution in [3.63, 3.8) is 0 Å². The van der Waals surface area contributed by atoms with Gasteiger partial charge in [-0.25, -0.2) is 4.79 Å². The van der Waals surface area contributed by atoms with E-state index in [-0.39, 0.29) is 5.91 Å². The fourth-order valence-electron chi connectivity index (χ4n) is 3.92. The number of hydrogen-bond donors (Lipinski definition) is 2. The molecule has 1 aliphatic rings. The van der Waals surface area contributed by atoms with E-state index in [1.165, 1.54) is 6.08 Å². The van der Waals surface area contributed by atoms with Gasteiger partial charge in [0.05, 0.1) is 17.9 Å². The zero-order valence-electron chi connectivity index (χ0n) is 19.5. The normalized spacial score (nSPS) is 15.0. The van der Waals surface area contributed by atoms with Crippen LogP contribution in [0.1, 0.15) is 55.5 Å². The van der Waals surface area contributed by atoms with Crippen LogP contribution < -0.4 is 10.1 Å². The summed E-state index contributed by atoms with van der Waals surface area (Å²) in [6.45, 7) is 11.6. The number of rotatable bonds is 4. The minimum atomic E-state index is -1.23. The van der Waals surface area contributed by atoms with Crippen molar-refractivity contribution in [3.05, 3.63) is 58.7 Å². The maximum absolute atomic E-state index is 12.5. The molecular weight excluding hydrogens is 406 g/mol. The van der Waals surface area contributed by atoms with Gasteiger partial charge in [-0.3, -0.25) is 4.79 Å². The highest BCUT2D eigenvalue weighted by Gasteiger charge is 2.34. The topological polar surface area (TPSA) is 84.9 Å². The second kappa shape index (κ2) is 9.17. The molecule has 0 aromatic heterocycles. The van der Waals surface area contributed by atoms with Crippen LogP contribution >= 0.6 is 0 Å². The van der Waals surface area contributed by atoms with E-state index < -0.39 is 17.7 Å². The Kier molecular flexibility index (Phi) is 6.74. The summed E-state index contributed by atoms with van der Waals surface area (Å²) in [5.41, 5.74) is 4.39. The number of nitrogens with one attached hydrogen (secondary N) is 1. The largest absolute Gasteiger partial charge is 0.491 e. The average Bonchev–Trinajstić information content (AvgIpc) is 2.79. The number of carboxylic acid groups (broad SMARTS) is 1. The van der Waals surface area contributed by atoms with E-state index >= 15 is 0 Å². The van der Waals surface area contributed by atoms with E-state index in [1.807, 2.05) is 58.9 Å². The molecule has 2 aromatic carbocycles. The third kappa shape index (κ3) is 5.02. The Morgan fingerprint density at radius 3 is 2.38 bits per heavy atom. The van der Waals surface area contributed by atoms with Crippen molar-refractivity contribution in [1.29, 1.82) is 0 Å². The molecule has 2 aromatic rings. The van der Waals surface area contributed by atoms with Crippen molar-refractivity contribution in [2.75, 3.05) is 11.9 Å². The van der Waals surface area contributed by atoms with E-state index in [1.54, 1.807) is 13.0 Å². The average molecular weight is 438 g/mol. The summed E-state index contributed by atoms with van der Waals surface area (Å²) >= 11 is 0. The molecule has 0 bridgehead atoms. The smallest absolute Gasteiger partial charge is 0.337 e. The van der Waals surface area contributed by atoms with Crippen LogP contribution in [0.25, 0.3) is 11.1 Å². The third-order valence-corrected chi connectivity index (χ3v) is 5.34. The van der Waals surface area contributed by atoms with Crippen molar-refractivity contribution < 1.29 is 24.2 Å². The number of carbonyl (C=O) groups excluding carboxylic acids is 1.